The van der Waals surface area contributed by atoms with Crippen LogP contribution in [0.1, 0.15) is 17.2 Å². The Labute approximate surface area is 149 Å². The van der Waals surface area contributed by atoms with E-state index in [-0.39, 0.29) is 22.0 Å². The summed E-state index contributed by atoms with van der Waals surface area (Å²) in [6.45, 7) is -6.47. The van der Waals surface area contributed by atoms with Gasteiger partial charge in [0.05, 0.1) is 16.1 Å². The average Bonchev–Trinajstić information content (AvgIpc) is 2.51. The second-order valence-corrected chi connectivity index (χ2v) is 5.58. The molecule has 0 saturated carbocycles. The summed E-state index contributed by atoms with van der Waals surface area (Å²) in [5.74, 6) is -1.20. The predicted octanol–water partition coefficient (Wildman–Crippen LogP) is 4.87. The van der Waals surface area contributed by atoms with E-state index in [4.69, 9.17) is 23.2 Å². The van der Waals surface area contributed by atoms with Gasteiger partial charge in [-0.2, -0.15) is 17.6 Å². The van der Waals surface area contributed by atoms with Gasteiger partial charge in [-0.25, -0.2) is 0 Å². The Bertz CT molecular complexity index is 714. The number of aromatic nitrogens is 1. The van der Waals surface area contributed by atoms with Gasteiger partial charge in [-0.15, -0.1) is 0 Å². The number of ether oxygens (including phenoxy) is 2. The number of halogens is 6. The first kappa shape index (κ1) is 19.6. The fraction of sp³-hybridized carbons (Fsp3) is 0.267. The second kappa shape index (κ2) is 8.55. The fourth-order valence-corrected chi connectivity index (χ4v) is 2.58. The van der Waals surface area contributed by atoms with Gasteiger partial charge in [0.15, 0.2) is 11.5 Å². The molecule has 1 aromatic heterocycles. The van der Waals surface area contributed by atoms with Gasteiger partial charge in [0.2, 0.25) is 0 Å². The topological polar surface area (TPSA) is 51.6 Å². The van der Waals surface area contributed by atoms with E-state index < -0.39 is 30.8 Å². The number of hydrogen-bond donors (Lipinski definition) is 1. The van der Waals surface area contributed by atoms with Crippen LogP contribution in [0.4, 0.5) is 17.6 Å². The van der Waals surface area contributed by atoms with Crippen LogP contribution in [0.5, 0.6) is 11.5 Å². The molecule has 1 unspecified atom stereocenters. The summed E-state index contributed by atoms with van der Waals surface area (Å²) in [5.41, 5.74) is 0.524. The third kappa shape index (κ3) is 5.35. The van der Waals surface area contributed by atoms with Gasteiger partial charge in [0.1, 0.15) is 0 Å². The van der Waals surface area contributed by atoms with Gasteiger partial charge in [-0.1, -0.05) is 29.3 Å². The van der Waals surface area contributed by atoms with Gasteiger partial charge in [-0.3, -0.25) is 4.98 Å². The highest BCUT2D eigenvalue weighted by atomic mass is 35.5. The molecule has 0 fully saturated rings. The summed E-state index contributed by atoms with van der Waals surface area (Å²) in [7, 11) is 0. The first-order valence-electron chi connectivity index (χ1n) is 6.77. The number of rotatable bonds is 7. The van der Waals surface area contributed by atoms with Crippen molar-refractivity contribution in [1.82, 2.24) is 4.98 Å². The molecule has 0 bridgehead atoms. The number of aliphatic hydroxyl groups excluding tert-OH is 1. The number of hydrogen-bond acceptors (Lipinski definition) is 4. The first-order valence-corrected chi connectivity index (χ1v) is 7.53. The Balaban J connectivity index is 2.28. The second-order valence-electron chi connectivity index (χ2n) is 4.76. The SMILES string of the molecule is OC(Cc1c(Cl)cncc1Cl)c1ccc(OC(F)F)c(OC(F)F)c1. The number of alkyl halides is 4. The van der Waals surface area contributed by atoms with Crippen LogP contribution >= 0.6 is 23.2 Å². The summed E-state index contributed by atoms with van der Waals surface area (Å²) in [6.07, 6.45) is 1.41. The van der Waals surface area contributed by atoms with Gasteiger partial charge in [0.25, 0.3) is 0 Å². The van der Waals surface area contributed by atoms with E-state index in [0.717, 1.165) is 12.1 Å². The van der Waals surface area contributed by atoms with E-state index >= 15 is 0 Å². The molecule has 1 atom stereocenters. The highest BCUT2D eigenvalue weighted by molar-refractivity contribution is 6.35. The van der Waals surface area contributed by atoms with Crippen molar-refractivity contribution in [3.63, 3.8) is 0 Å². The van der Waals surface area contributed by atoms with Crippen LogP contribution in [0, 0.1) is 0 Å². The molecule has 2 rings (SSSR count). The molecular formula is C15H11Cl2F4NO3. The maximum Gasteiger partial charge on any atom is 0.387 e. The minimum Gasteiger partial charge on any atom is -0.431 e. The molecular weight excluding hydrogens is 389 g/mol. The lowest BCUT2D eigenvalue weighted by molar-refractivity contribution is -0.0693. The molecule has 0 saturated heterocycles. The summed E-state index contributed by atoms with van der Waals surface area (Å²) in [6, 6.07) is 3.22. The quantitative estimate of drug-likeness (QED) is 0.675. The van der Waals surface area contributed by atoms with Crippen molar-refractivity contribution in [3.05, 3.63) is 51.8 Å². The highest BCUT2D eigenvalue weighted by Gasteiger charge is 2.19. The van der Waals surface area contributed by atoms with Crippen LogP contribution in [0.25, 0.3) is 0 Å². The van der Waals surface area contributed by atoms with E-state index in [1.807, 2.05) is 0 Å². The van der Waals surface area contributed by atoms with Gasteiger partial charge >= 0.3 is 13.2 Å². The Morgan fingerprint density at radius 2 is 1.52 bits per heavy atom. The van der Waals surface area contributed by atoms with Crippen LogP contribution in [-0.2, 0) is 6.42 Å². The zero-order valence-electron chi connectivity index (χ0n) is 12.3. The van der Waals surface area contributed by atoms with Crippen LogP contribution in [0.15, 0.2) is 30.6 Å². The fourth-order valence-electron chi connectivity index (χ4n) is 2.06. The van der Waals surface area contributed by atoms with Crippen molar-refractivity contribution in [2.45, 2.75) is 25.7 Å². The molecule has 2 aromatic rings. The normalized spacial score (nSPS) is 12.5. The lowest BCUT2D eigenvalue weighted by Crippen LogP contribution is -2.09. The number of pyridine rings is 1. The van der Waals surface area contributed by atoms with Crippen molar-refractivity contribution in [2.24, 2.45) is 0 Å². The van der Waals surface area contributed by atoms with Gasteiger partial charge in [0, 0.05) is 18.8 Å². The van der Waals surface area contributed by atoms with E-state index in [2.05, 4.69) is 14.5 Å². The van der Waals surface area contributed by atoms with Crippen molar-refractivity contribution in [2.75, 3.05) is 0 Å². The molecule has 0 aliphatic rings. The van der Waals surface area contributed by atoms with E-state index in [9.17, 15) is 22.7 Å². The Morgan fingerprint density at radius 1 is 0.960 bits per heavy atom. The molecule has 4 nitrogen and oxygen atoms in total. The molecule has 0 amide bonds. The first-order chi connectivity index (χ1) is 11.8. The minimum absolute atomic E-state index is 0.0522. The van der Waals surface area contributed by atoms with Crippen LogP contribution in [0.3, 0.4) is 0 Å². The third-order valence-corrected chi connectivity index (χ3v) is 3.79. The maximum absolute atomic E-state index is 12.5. The van der Waals surface area contributed by atoms with Crippen LogP contribution < -0.4 is 9.47 Å². The lowest BCUT2D eigenvalue weighted by Gasteiger charge is -2.17. The minimum atomic E-state index is -3.25. The molecule has 1 heterocycles. The van der Waals surface area contributed by atoms with E-state index in [1.165, 1.54) is 18.5 Å². The van der Waals surface area contributed by atoms with Crippen LogP contribution in [-0.4, -0.2) is 23.3 Å². The summed E-state index contributed by atoms with van der Waals surface area (Å²) in [5, 5.41) is 10.7. The molecule has 0 aliphatic carbocycles. The summed E-state index contributed by atoms with van der Waals surface area (Å²) >= 11 is 11.9. The van der Waals surface area contributed by atoms with Crippen molar-refractivity contribution >= 4 is 23.2 Å². The van der Waals surface area contributed by atoms with E-state index in [0.29, 0.717) is 5.56 Å². The number of benzene rings is 1. The number of aliphatic hydroxyl groups is 1. The Hall–Kier alpha value is -1.77. The largest absolute Gasteiger partial charge is 0.431 e. The zero-order valence-corrected chi connectivity index (χ0v) is 13.8. The zero-order chi connectivity index (χ0) is 18.6. The van der Waals surface area contributed by atoms with Crippen molar-refractivity contribution in [1.29, 1.82) is 0 Å². The monoisotopic (exact) mass is 399 g/mol. The summed E-state index contributed by atoms with van der Waals surface area (Å²) < 4.78 is 57.8. The standard InChI is InChI=1S/C15H11Cl2F4NO3/c16-9-5-22-6-10(17)8(9)4-11(23)7-1-2-12(24-14(18)19)13(3-7)25-15(20)21/h1-3,5-6,11,14-15,23H,4H2. The average molecular weight is 400 g/mol. The molecule has 1 N–H and O–H groups in total. The Kier molecular flexibility index (Phi) is 6.69. The highest BCUT2D eigenvalue weighted by Crippen LogP contribution is 2.35. The van der Waals surface area contributed by atoms with Gasteiger partial charge in [-0.05, 0) is 23.3 Å². The smallest absolute Gasteiger partial charge is 0.387 e. The molecule has 136 valence electrons. The summed E-state index contributed by atoms with van der Waals surface area (Å²) in [4.78, 5) is 3.77. The van der Waals surface area contributed by atoms with Crippen molar-refractivity contribution in [3.8, 4) is 11.5 Å². The van der Waals surface area contributed by atoms with E-state index in [1.54, 1.807) is 0 Å². The lowest BCUT2D eigenvalue weighted by atomic mass is 10.0. The molecule has 0 spiro atoms. The molecule has 1 aromatic carbocycles. The molecule has 10 heteroatoms. The van der Waals surface area contributed by atoms with Crippen LogP contribution in [0.2, 0.25) is 10.0 Å². The maximum atomic E-state index is 12.5. The van der Waals surface area contributed by atoms with Gasteiger partial charge < -0.3 is 14.6 Å². The molecule has 0 radical (unpaired) electrons. The predicted molar refractivity (Wildman–Crippen MR) is 82.6 cm³/mol. The Morgan fingerprint density at radius 3 is 2.08 bits per heavy atom. The third-order valence-electron chi connectivity index (χ3n) is 3.13. The number of nitrogens with zero attached hydrogens (tertiary/aromatic N) is 1. The molecule has 0 aliphatic heterocycles. The molecule has 25 heavy (non-hydrogen) atoms. The van der Waals surface area contributed by atoms with Crippen molar-refractivity contribution < 1.29 is 32.1 Å².